The van der Waals surface area contributed by atoms with Gasteiger partial charge in [0.1, 0.15) is 17.1 Å². The normalized spacial score (nSPS) is 19.8. The molecule has 27 heavy (non-hydrogen) atoms. The number of fused-ring (bicyclic) bond motifs is 1. The van der Waals surface area contributed by atoms with Crippen molar-refractivity contribution in [3.63, 3.8) is 0 Å². The average molecular weight is 367 g/mol. The van der Waals surface area contributed by atoms with Crippen molar-refractivity contribution in [2.75, 3.05) is 7.11 Å². The monoisotopic (exact) mass is 367 g/mol. The lowest BCUT2D eigenvalue weighted by Crippen LogP contribution is -2.34. The highest BCUT2D eigenvalue weighted by Crippen LogP contribution is 2.42. The van der Waals surface area contributed by atoms with E-state index >= 15 is 0 Å². The van der Waals surface area contributed by atoms with Crippen molar-refractivity contribution in [3.05, 3.63) is 57.1 Å². The number of nitrogens with zero attached hydrogens (tertiary/aromatic N) is 1. The standard InChI is InChI=1S/C21H21NO5/c1-10-9-16(24)14-7-6-8-15(20(14)27-10)19-17(13(4)23)11(2)22-12(3)18(19)21(25)26-5/h6-9,17,19H,1-5H3. The molecule has 0 saturated carbocycles. The fraction of sp³-hybridized carbons (Fsp3) is 0.333. The number of rotatable bonds is 3. The minimum atomic E-state index is -0.640. The van der Waals surface area contributed by atoms with Crippen molar-refractivity contribution in [3.8, 4) is 0 Å². The second-order valence-corrected chi connectivity index (χ2v) is 6.76. The Kier molecular flexibility index (Phi) is 4.83. The zero-order valence-electron chi connectivity index (χ0n) is 16.0. The zero-order valence-corrected chi connectivity index (χ0v) is 16.0. The first-order valence-electron chi connectivity index (χ1n) is 8.64. The van der Waals surface area contributed by atoms with Crippen LogP contribution in [0.5, 0.6) is 0 Å². The van der Waals surface area contributed by atoms with Gasteiger partial charge in [-0.1, -0.05) is 12.1 Å². The number of allylic oxidation sites excluding steroid dienone is 1. The zero-order chi connectivity index (χ0) is 19.9. The molecule has 0 spiro atoms. The van der Waals surface area contributed by atoms with Crippen LogP contribution < -0.4 is 5.43 Å². The Bertz CT molecular complexity index is 1070. The highest BCUT2D eigenvalue weighted by Gasteiger charge is 2.41. The molecule has 0 saturated heterocycles. The molecule has 1 aromatic heterocycles. The summed E-state index contributed by atoms with van der Waals surface area (Å²) in [6, 6.07) is 6.60. The molecule has 140 valence electrons. The maximum Gasteiger partial charge on any atom is 0.336 e. The predicted octanol–water partition coefficient (Wildman–Crippen LogP) is 3.31. The molecule has 1 aromatic carbocycles. The third kappa shape index (κ3) is 3.12. The molecule has 0 aliphatic carbocycles. The Labute approximate surface area is 156 Å². The smallest absolute Gasteiger partial charge is 0.336 e. The number of para-hydroxylation sites is 1. The van der Waals surface area contributed by atoms with E-state index in [0.29, 0.717) is 39.3 Å². The van der Waals surface area contributed by atoms with Gasteiger partial charge in [-0.25, -0.2) is 4.79 Å². The average Bonchev–Trinajstić information content (AvgIpc) is 2.59. The van der Waals surface area contributed by atoms with Crippen molar-refractivity contribution < 1.29 is 18.7 Å². The molecular formula is C21H21NO5. The topological polar surface area (TPSA) is 85.9 Å². The van der Waals surface area contributed by atoms with E-state index in [1.54, 1.807) is 39.0 Å². The summed E-state index contributed by atoms with van der Waals surface area (Å²) >= 11 is 0. The number of methoxy groups -OCH3 is 1. The number of Topliss-reactive ketones (excluding diaryl/α,β-unsaturated/α-hetero) is 1. The Hall–Kier alpha value is -3.02. The molecule has 0 N–H and O–H groups in total. The summed E-state index contributed by atoms with van der Waals surface area (Å²) in [6.07, 6.45) is 0. The van der Waals surface area contributed by atoms with Gasteiger partial charge in [0.15, 0.2) is 5.43 Å². The second kappa shape index (κ2) is 6.95. The minimum Gasteiger partial charge on any atom is -0.466 e. The van der Waals surface area contributed by atoms with Crippen molar-refractivity contribution in [1.82, 2.24) is 0 Å². The van der Waals surface area contributed by atoms with Crippen LogP contribution in [0.4, 0.5) is 0 Å². The van der Waals surface area contributed by atoms with E-state index in [0.717, 1.165) is 0 Å². The van der Waals surface area contributed by atoms with Crippen molar-refractivity contribution in [1.29, 1.82) is 0 Å². The molecule has 6 heteroatoms. The number of hydrogen-bond acceptors (Lipinski definition) is 6. The van der Waals surface area contributed by atoms with E-state index in [9.17, 15) is 14.4 Å². The summed E-state index contributed by atoms with van der Waals surface area (Å²) in [5, 5.41) is 0.405. The first-order chi connectivity index (χ1) is 12.8. The van der Waals surface area contributed by atoms with Gasteiger partial charge in [-0.3, -0.25) is 14.6 Å². The number of benzene rings is 1. The van der Waals surface area contributed by atoms with Gasteiger partial charge < -0.3 is 9.15 Å². The molecule has 2 heterocycles. The van der Waals surface area contributed by atoms with Gasteiger partial charge in [-0.2, -0.15) is 0 Å². The molecule has 1 aliphatic rings. The predicted molar refractivity (Wildman–Crippen MR) is 102 cm³/mol. The largest absolute Gasteiger partial charge is 0.466 e. The van der Waals surface area contributed by atoms with Crippen LogP contribution >= 0.6 is 0 Å². The van der Waals surface area contributed by atoms with Gasteiger partial charge in [0.05, 0.1) is 24.0 Å². The number of ketones is 1. The van der Waals surface area contributed by atoms with Crippen LogP contribution in [-0.4, -0.2) is 24.6 Å². The molecular weight excluding hydrogens is 346 g/mol. The minimum absolute atomic E-state index is 0.123. The van der Waals surface area contributed by atoms with Crippen LogP contribution in [0.25, 0.3) is 11.0 Å². The van der Waals surface area contributed by atoms with Gasteiger partial charge >= 0.3 is 5.97 Å². The molecule has 2 unspecified atom stereocenters. The highest BCUT2D eigenvalue weighted by molar-refractivity contribution is 6.09. The van der Waals surface area contributed by atoms with Crippen molar-refractivity contribution >= 4 is 28.4 Å². The summed E-state index contributed by atoms with van der Waals surface area (Å²) in [6.45, 7) is 6.64. The van der Waals surface area contributed by atoms with E-state index in [1.807, 2.05) is 0 Å². The first kappa shape index (κ1) is 18.8. The maximum absolute atomic E-state index is 12.6. The number of ether oxygens (including phenoxy) is 1. The van der Waals surface area contributed by atoms with Gasteiger partial charge in [-0.05, 0) is 33.8 Å². The van der Waals surface area contributed by atoms with Gasteiger partial charge in [0.25, 0.3) is 0 Å². The van der Waals surface area contributed by atoms with E-state index < -0.39 is 17.8 Å². The summed E-state index contributed by atoms with van der Waals surface area (Å²) < 4.78 is 10.8. The third-order valence-electron chi connectivity index (χ3n) is 4.91. The van der Waals surface area contributed by atoms with Crippen LogP contribution in [0.1, 0.15) is 38.0 Å². The molecule has 0 bridgehead atoms. The van der Waals surface area contributed by atoms with Crippen LogP contribution in [0.3, 0.4) is 0 Å². The van der Waals surface area contributed by atoms with Gasteiger partial charge in [0, 0.05) is 29.0 Å². The quantitative estimate of drug-likeness (QED) is 0.777. The van der Waals surface area contributed by atoms with E-state index in [2.05, 4.69) is 4.99 Å². The first-order valence-corrected chi connectivity index (χ1v) is 8.64. The van der Waals surface area contributed by atoms with E-state index in [1.165, 1.54) is 20.1 Å². The molecule has 0 amide bonds. The highest BCUT2D eigenvalue weighted by atomic mass is 16.5. The van der Waals surface area contributed by atoms with Crippen LogP contribution in [0, 0.1) is 12.8 Å². The molecule has 3 rings (SSSR count). The molecule has 2 atom stereocenters. The van der Waals surface area contributed by atoms with Crippen molar-refractivity contribution in [2.45, 2.75) is 33.6 Å². The fourth-order valence-electron chi connectivity index (χ4n) is 3.84. The number of aliphatic imine (C=N–C) groups is 1. The lowest BCUT2D eigenvalue weighted by Gasteiger charge is -2.31. The van der Waals surface area contributed by atoms with Gasteiger partial charge in [-0.15, -0.1) is 0 Å². The Morgan fingerprint density at radius 3 is 2.52 bits per heavy atom. The maximum atomic E-state index is 12.6. The molecule has 1 aliphatic heterocycles. The number of esters is 1. The van der Waals surface area contributed by atoms with Crippen LogP contribution in [0.15, 0.2) is 49.7 Å². The Morgan fingerprint density at radius 2 is 1.89 bits per heavy atom. The lowest BCUT2D eigenvalue weighted by molar-refractivity contribution is -0.136. The van der Waals surface area contributed by atoms with E-state index in [4.69, 9.17) is 9.15 Å². The number of aryl methyl sites for hydroxylation is 1. The number of carbonyl (C=O) groups is 2. The van der Waals surface area contributed by atoms with E-state index in [-0.39, 0.29) is 11.2 Å². The summed E-state index contributed by atoms with van der Waals surface area (Å²) in [7, 11) is 1.29. The second-order valence-electron chi connectivity index (χ2n) is 6.76. The number of carbonyl (C=O) groups excluding carboxylic acids is 2. The molecule has 6 nitrogen and oxygen atoms in total. The molecule has 0 radical (unpaired) electrons. The third-order valence-corrected chi connectivity index (χ3v) is 4.91. The SMILES string of the molecule is COC(=O)C1=C(C)N=C(C)C(C(C)=O)C1c1cccc2c(=O)cc(C)oc12. The molecule has 0 fully saturated rings. The Balaban J connectivity index is 2.40. The fourth-order valence-corrected chi connectivity index (χ4v) is 3.84. The number of hydrogen-bond donors (Lipinski definition) is 0. The van der Waals surface area contributed by atoms with Gasteiger partial charge in [0.2, 0.25) is 0 Å². The summed E-state index contributed by atoms with van der Waals surface area (Å²) in [5.74, 6) is -1.49. The Morgan fingerprint density at radius 1 is 1.19 bits per heavy atom. The molecule has 2 aromatic rings. The van der Waals surface area contributed by atoms with Crippen molar-refractivity contribution in [2.24, 2.45) is 10.9 Å². The summed E-state index contributed by atoms with van der Waals surface area (Å²) in [5.41, 5.74) is 2.22. The lowest BCUT2D eigenvalue weighted by atomic mass is 9.73. The summed E-state index contributed by atoms with van der Waals surface area (Å²) in [4.78, 5) is 41.8. The van der Waals surface area contributed by atoms with Crippen LogP contribution in [0.2, 0.25) is 0 Å². The van der Waals surface area contributed by atoms with Crippen LogP contribution in [-0.2, 0) is 14.3 Å².